The van der Waals surface area contributed by atoms with E-state index in [4.69, 9.17) is 23.7 Å². The first-order chi connectivity index (χ1) is 38.6. The number of unbranched alkanes of at least 4 members (excludes halogenated alkanes) is 25. The minimum atomic E-state index is -1.91. The molecule has 12 nitrogen and oxygen atoms in total. The van der Waals surface area contributed by atoms with E-state index in [1.54, 1.807) is 0 Å². The standard InChI is InChI=1S/C67H112O12/c1-4-7-10-13-16-19-22-24-26-28-30-32-34-36-39-41-44-47-50-53-59(68)75-56-58(77-60(69)54-51-48-45-43-40-37-35-33-31-29-27-25-23-20-17-14-11-8-5-2)57-76-67-65(63(72)62(71)64(79-67)66(73)74)78-61(70)55-52-49-46-42-38-21-18-15-12-9-6-3/h7,10,16,19,24-27,30,32,36,39,44,47,58,62-65,67,71-72H,4-6,8-9,11-15,17-18,20-23,28-29,31,33-35,37-38,40-43,45-46,48-57H2,1-3H3,(H,73,74)/b10-7-,19-16-,26-24-,27-25-,32-30-,39-36-,47-44-. The van der Waals surface area contributed by atoms with Crippen LogP contribution in [0.25, 0.3) is 0 Å². The quantitative estimate of drug-likeness (QED) is 0.0228. The van der Waals surface area contributed by atoms with Crippen LogP contribution in [0.5, 0.6) is 0 Å². The lowest BCUT2D eigenvalue weighted by atomic mass is 9.98. The number of allylic oxidation sites excluding steroid dienone is 14. The molecule has 452 valence electrons. The number of esters is 3. The van der Waals surface area contributed by atoms with Crippen LogP contribution >= 0.6 is 0 Å². The lowest BCUT2D eigenvalue weighted by Crippen LogP contribution is -2.61. The molecule has 0 aromatic carbocycles. The molecule has 12 heteroatoms. The van der Waals surface area contributed by atoms with E-state index in [2.05, 4.69) is 93.7 Å². The summed E-state index contributed by atoms with van der Waals surface area (Å²) in [6.07, 6.45) is 58.5. The van der Waals surface area contributed by atoms with Gasteiger partial charge in [-0.15, -0.1) is 0 Å². The summed E-state index contributed by atoms with van der Waals surface area (Å²) in [5, 5.41) is 31.5. The van der Waals surface area contributed by atoms with Crippen molar-refractivity contribution in [1.82, 2.24) is 0 Å². The molecule has 1 aliphatic heterocycles. The summed E-state index contributed by atoms with van der Waals surface area (Å²) >= 11 is 0. The molecule has 79 heavy (non-hydrogen) atoms. The van der Waals surface area contributed by atoms with E-state index in [-0.39, 0.29) is 25.9 Å². The average molecular weight is 1110 g/mol. The molecule has 1 rings (SSSR count). The fraction of sp³-hybridized carbons (Fsp3) is 0.731. The van der Waals surface area contributed by atoms with Gasteiger partial charge in [-0.3, -0.25) is 14.4 Å². The number of aliphatic hydroxyl groups excluding tert-OH is 2. The van der Waals surface area contributed by atoms with Crippen LogP contribution < -0.4 is 0 Å². The number of aliphatic hydroxyl groups is 2. The number of hydrogen-bond acceptors (Lipinski definition) is 11. The van der Waals surface area contributed by atoms with Crippen molar-refractivity contribution in [3.63, 3.8) is 0 Å². The molecule has 6 atom stereocenters. The maximum Gasteiger partial charge on any atom is 0.335 e. The first kappa shape index (κ1) is 72.9. The predicted octanol–water partition coefficient (Wildman–Crippen LogP) is 16.7. The minimum Gasteiger partial charge on any atom is -0.479 e. The lowest BCUT2D eigenvalue weighted by Gasteiger charge is -2.40. The lowest BCUT2D eigenvalue weighted by molar-refractivity contribution is -0.301. The summed E-state index contributed by atoms with van der Waals surface area (Å²) in [6, 6.07) is 0. The zero-order chi connectivity index (χ0) is 57.5. The first-order valence-corrected chi connectivity index (χ1v) is 31.6. The summed E-state index contributed by atoms with van der Waals surface area (Å²) in [5.41, 5.74) is 0. The first-order valence-electron chi connectivity index (χ1n) is 31.6. The van der Waals surface area contributed by atoms with Crippen molar-refractivity contribution in [3.8, 4) is 0 Å². The minimum absolute atomic E-state index is 0.0532. The number of carbonyl (C=O) groups excluding carboxylic acids is 3. The van der Waals surface area contributed by atoms with Crippen molar-refractivity contribution < 1.29 is 58.2 Å². The number of aliphatic carboxylic acids is 1. The van der Waals surface area contributed by atoms with Crippen LogP contribution in [-0.2, 0) is 42.9 Å². The molecule has 0 radical (unpaired) electrons. The fourth-order valence-electron chi connectivity index (χ4n) is 9.15. The number of carboxylic acid groups (broad SMARTS) is 1. The Morgan fingerprint density at radius 1 is 0.430 bits per heavy atom. The Morgan fingerprint density at radius 3 is 1.27 bits per heavy atom. The van der Waals surface area contributed by atoms with Gasteiger partial charge in [-0.1, -0.05) is 247 Å². The van der Waals surface area contributed by atoms with Gasteiger partial charge in [0.05, 0.1) is 6.61 Å². The van der Waals surface area contributed by atoms with Crippen molar-refractivity contribution >= 4 is 23.9 Å². The molecular formula is C67H112O12. The fourth-order valence-corrected chi connectivity index (χ4v) is 9.15. The van der Waals surface area contributed by atoms with E-state index < -0.39 is 67.3 Å². The van der Waals surface area contributed by atoms with Crippen LogP contribution in [0.2, 0.25) is 0 Å². The molecule has 0 spiro atoms. The highest BCUT2D eigenvalue weighted by atomic mass is 16.7. The number of carboxylic acids is 1. The Morgan fingerprint density at radius 2 is 0.823 bits per heavy atom. The third kappa shape index (κ3) is 44.3. The summed E-state index contributed by atoms with van der Waals surface area (Å²) in [6.45, 7) is 5.81. The molecule has 1 heterocycles. The van der Waals surface area contributed by atoms with Gasteiger partial charge in [-0.2, -0.15) is 0 Å². The molecule has 0 aromatic rings. The Hall–Kier alpha value is -4.10. The van der Waals surface area contributed by atoms with E-state index in [0.29, 0.717) is 19.3 Å². The zero-order valence-corrected chi connectivity index (χ0v) is 49.8. The van der Waals surface area contributed by atoms with Gasteiger partial charge in [0, 0.05) is 19.3 Å². The highest BCUT2D eigenvalue weighted by Crippen LogP contribution is 2.26. The van der Waals surface area contributed by atoms with Gasteiger partial charge in [-0.05, 0) is 83.5 Å². The number of rotatable bonds is 53. The molecule has 0 amide bonds. The highest BCUT2D eigenvalue weighted by molar-refractivity contribution is 5.74. The summed E-state index contributed by atoms with van der Waals surface area (Å²) in [4.78, 5) is 51.2. The Balaban J connectivity index is 2.70. The van der Waals surface area contributed by atoms with Crippen molar-refractivity contribution in [2.45, 2.75) is 302 Å². The van der Waals surface area contributed by atoms with E-state index in [0.717, 1.165) is 96.3 Å². The van der Waals surface area contributed by atoms with Gasteiger partial charge in [0.15, 0.2) is 24.6 Å². The van der Waals surface area contributed by atoms with Gasteiger partial charge in [-0.25, -0.2) is 4.79 Å². The Labute approximate surface area is 480 Å². The Bertz CT molecular complexity index is 1700. The van der Waals surface area contributed by atoms with Crippen LogP contribution in [-0.4, -0.2) is 89.2 Å². The molecule has 1 saturated heterocycles. The number of hydrogen-bond donors (Lipinski definition) is 3. The maximum atomic E-state index is 13.2. The molecule has 0 bridgehead atoms. The van der Waals surface area contributed by atoms with E-state index in [1.807, 2.05) is 12.2 Å². The molecule has 0 aromatic heterocycles. The average Bonchev–Trinajstić information content (AvgIpc) is 3.47. The molecule has 1 fully saturated rings. The monoisotopic (exact) mass is 1110 g/mol. The predicted molar refractivity (Wildman–Crippen MR) is 321 cm³/mol. The molecule has 1 aliphatic rings. The third-order valence-corrected chi connectivity index (χ3v) is 14.0. The van der Waals surface area contributed by atoms with Crippen LogP contribution in [0, 0.1) is 0 Å². The maximum absolute atomic E-state index is 13.2. The number of ether oxygens (including phenoxy) is 5. The van der Waals surface area contributed by atoms with E-state index in [1.165, 1.54) is 109 Å². The van der Waals surface area contributed by atoms with Gasteiger partial charge < -0.3 is 39.0 Å². The van der Waals surface area contributed by atoms with Crippen LogP contribution in [0.1, 0.15) is 265 Å². The zero-order valence-electron chi connectivity index (χ0n) is 49.8. The largest absolute Gasteiger partial charge is 0.479 e. The molecule has 6 unspecified atom stereocenters. The second-order valence-corrected chi connectivity index (χ2v) is 21.3. The van der Waals surface area contributed by atoms with Gasteiger partial charge in [0.2, 0.25) is 0 Å². The topological polar surface area (TPSA) is 175 Å². The van der Waals surface area contributed by atoms with Crippen LogP contribution in [0.4, 0.5) is 0 Å². The SMILES string of the molecule is CC/C=C\C/C=C\C/C=C\C/C=C\C/C=C\C/C=C\CCC(=O)OCC(COC1OC(C(=O)O)C(O)C(O)C1OC(=O)CCCCCCCCCCCCC)OC(=O)CCCCCCCCCCC/C=C\CCCCCCCC. The molecule has 0 saturated carbocycles. The molecule has 0 aliphatic carbocycles. The molecule has 3 N–H and O–H groups in total. The van der Waals surface area contributed by atoms with Gasteiger partial charge >= 0.3 is 23.9 Å². The molecular weight excluding hydrogens is 997 g/mol. The number of carbonyl (C=O) groups is 4. The smallest absolute Gasteiger partial charge is 0.335 e. The summed E-state index contributed by atoms with van der Waals surface area (Å²) < 4.78 is 28.4. The summed E-state index contributed by atoms with van der Waals surface area (Å²) in [5.74, 6) is -3.22. The van der Waals surface area contributed by atoms with Crippen LogP contribution in [0.15, 0.2) is 85.1 Å². The third-order valence-electron chi connectivity index (χ3n) is 14.0. The van der Waals surface area contributed by atoms with Gasteiger partial charge in [0.25, 0.3) is 0 Å². The van der Waals surface area contributed by atoms with Crippen molar-refractivity contribution in [1.29, 1.82) is 0 Å². The Kier molecular flexibility index (Phi) is 50.3. The van der Waals surface area contributed by atoms with Crippen LogP contribution in [0.3, 0.4) is 0 Å². The van der Waals surface area contributed by atoms with E-state index >= 15 is 0 Å². The van der Waals surface area contributed by atoms with Crippen molar-refractivity contribution in [3.05, 3.63) is 85.1 Å². The second-order valence-electron chi connectivity index (χ2n) is 21.3. The highest BCUT2D eigenvalue weighted by Gasteiger charge is 2.50. The normalized spacial score (nSPS) is 18.4. The van der Waals surface area contributed by atoms with Crippen molar-refractivity contribution in [2.75, 3.05) is 13.2 Å². The van der Waals surface area contributed by atoms with Gasteiger partial charge in [0.1, 0.15) is 18.8 Å². The second kappa shape index (κ2) is 54.5. The summed E-state index contributed by atoms with van der Waals surface area (Å²) in [7, 11) is 0. The van der Waals surface area contributed by atoms with Crippen molar-refractivity contribution in [2.24, 2.45) is 0 Å². The van der Waals surface area contributed by atoms with E-state index in [9.17, 15) is 34.5 Å².